The number of aliphatic hydroxyl groups excluding tert-OH is 2. The van der Waals surface area contributed by atoms with Crippen molar-refractivity contribution in [1.82, 2.24) is 9.80 Å². The molecule has 0 saturated carbocycles. The van der Waals surface area contributed by atoms with Gasteiger partial charge in [-0.15, -0.1) is 0 Å². The zero-order valence-corrected chi connectivity index (χ0v) is 27.8. The number of aliphatic hydroxyl groups is 4. The molecule has 256 valence electrons. The Morgan fingerprint density at radius 1 is 1.31 bits per heavy atom. The molecular formula is C34H56N2O9. The molecule has 0 aromatic heterocycles. The molecule has 10 atom stereocenters. The molecule has 0 bridgehead atoms. The van der Waals surface area contributed by atoms with Crippen LogP contribution in [-0.4, -0.2) is 121 Å². The molecule has 3 aliphatic heterocycles. The van der Waals surface area contributed by atoms with Gasteiger partial charge in [0.2, 0.25) is 0 Å². The van der Waals surface area contributed by atoms with E-state index in [0.717, 1.165) is 5.57 Å². The lowest BCUT2D eigenvalue weighted by Gasteiger charge is -2.47. The van der Waals surface area contributed by atoms with Gasteiger partial charge in [-0.2, -0.15) is 0 Å². The van der Waals surface area contributed by atoms with Crippen LogP contribution < -0.4 is 0 Å². The molecule has 0 radical (unpaired) electrons. The van der Waals surface area contributed by atoms with Crippen LogP contribution in [0.25, 0.3) is 0 Å². The van der Waals surface area contributed by atoms with Crippen LogP contribution in [0.3, 0.4) is 0 Å². The number of esters is 1. The van der Waals surface area contributed by atoms with E-state index in [1.165, 1.54) is 4.90 Å². The molecule has 2 unspecified atom stereocenters. The summed E-state index contributed by atoms with van der Waals surface area (Å²) in [6, 6.07) is -0.649. The highest BCUT2D eigenvalue weighted by molar-refractivity contribution is 5.69. The van der Waals surface area contributed by atoms with Crippen molar-refractivity contribution in [2.24, 2.45) is 11.8 Å². The topological polar surface area (TPSA) is 164 Å². The van der Waals surface area contributed by atoms with Crippen LogP contribution in [0.15, 0.2) is 36.0 Å². The Kier molecular flexibility index (Phi) is 13.2. The minimum Gasteiger partial charge on any atom is -0.465 e. The van der Waals surface area contributed by atoms with Crippen molar-refractivity contribution in [2.75, 3.05) is 26.2 Å². The standard InChI is InChI=1S/C34H56N2O9/c1-7-27(38)23(3)31-28(45-31)20-33(5,42)14-10-11-22(2)30-24(4)35(16-17-36(30)32(40)41)21-25-12-8-9-18-44-29(39)19-26(37)13-15-34(25,6)43/h8,10-12,14,23-28,30-31,37-38,42-43H,7,9,13,15-21H2,1-6H3,(H,40,41)/b12-8?,14-10+,22-11+/t23-,24+,25?,26-,27+,28-,30+,31-,33?,34-/m1/s1. The predicted molar refractivity (Wildman–Crippen MR) is 171 cm³/mol. The summed E-state index contributed by atoms with van der Waals surface area (Å²) in [6.45, 7) is 12.7. The van der Waals surface area contributed by atoms with Gasteiger partial charge >= 0.3 is 12.1 Å². The fourth-order valence-electron chi connectivity index (χ4n) is 6.71. The normalized spacial score (nSPS) is 35.2. The molecule has 0 aromatic rings. The Labute approximate surface area is 268 Å². The number of carboxylic acid groups (broad SMARTS) is 1. The number of hydrogen-bond acceptors (Lipinski definition) is 9. The van der Waals surface area contributed by atoms with E-state index < -0.39 is 41.5 Å². The SMILES string of the molecule is CC[C@H](O)[C@@H](C)[C@H]1O[C@@H]1CC(C)(O)/C=C/C=C(\C)[C@H]1[C@H](C)N(CC2C=CCCOC(=O)C[C@H](O)CC[C@@]2(C)O)CCN1C(=O)O. The predicted octanol–water partition coefficient (Wildman–Crippen LogP) is 3.26. The summed E-state index contributed by atoms with van der Waals surface area (Å²) >= 11 is 0. The first kappa shape index (κ1) is 37.2. The Bertz CT molecular complexity index is 1090. The van der Waals surface area contributed by atoms with Crippen molar-refractivity contribution in [3.63, 3.8) is 0 Å². The molecule has 0 spiro atoms. The molecular weight excluding hydrogens is 580 g/mol. The van der Waals surface area contributed by atoms with Crippen molar-refractivity contribution < 1.29 is 44.6 Å². The van der Waals surface area contributed by atoms with Crippen molar-refractivity contribution in [3.05, 3.63) is 36.0 Å². The molecule has 3 heterocycles. The summed E-state index contributed by atoms with van der Waals surface area (Å²) in [5, 5.41) is 53.0. The minimum absolute atomic E-state index is 0.00411. The molecule has 11 nitrogen and oxygen atoms in total. The summed E-state index contributed by atoms with van der Waals surface area (Å²) in [5.41, 5.74) is -1.47. The number of epoxide rings is 1. The maximum atomic E-state index is 12.3. The highest BCUT2D eigenvalue weighted by Gasteiger charge is 2.47. The Morgan fingerprint density at radius 3 is 2.69 bits per heavy atom. The maximum Gasteiger partial charge on any atom is 0.407 e. The quantitative estimate of drug-likeness (QED) is 0.104. The molecule has 3 aliphatic rings. The van der Waals surface area contributed by atoms with E-state index in [9.17, 15) is 35.1 Å². The molecule has 1 amide bonds. The van der Waals surface area contributed by atoms with Crippen LogP contribution in [0.4, 0.5) is 4.79 Å². The number of cyclic esters (lactones) is 1. The van der Waals surface area contributed by atoms with Crippen LogP contribution in [0.1, 0.15) is 80.1 Å². The van der Waals surface area contributed by atoms with Crippen molar-refractivity contribution >= 4 is 12.1 Å². The van der Waals surface area contributed by atoms with Crippen LogP contribution in [-0.2, 0) is 14.3 Å². The first-order chi connectivity index (χ1) is 21.1. The summed E-state index contributed by atoms with van der Waals surface area (Å²) < 4.78 is 10.9. The Hall–Kier alpha value is -2.28. The van der Waals surface area contributed by atoms with Crippen LogP contribution >= 0.6 is 0 Å². The van der Waals surface area contributed by atoms with E-state index >= 15 is 0 Å². The highest BCUT2D eigenvalue weighted by atomic mass is 16.6. The average Bonchev–Trinajstić information content (AvgIpc) is 3.72. The van der Waals surface area contributed by atoms with Crippen molar-refractivity contribution in [1.29, 1.82) is 0 Å². The highest BCUT2D eigenvalue weighted by Crippen LogP contribution is 2.38. The molecule has 2 saturated heterocycles. The monoisotopic (exact) mass is 636 g/mol. The van der Waals surface area contributed by atoms with E-state index in [2.05, 4.69) is 4.90 Å². The van der Waals surface area contributed by atoms with Gasteiger partial charge in [0.25, 0.3) is 0 Å². The van der Waals surface area contributed by atoms with Crippen molar-refractivity contribution in [2.45, 2.75) is 128 Å². The minimum atomic E-state index is -1.16. The Morgan fingerprint density at radius 2 is 2.02 bits per heavy atom. The van der Waals surface area contributed by atoms with Gasteiger partial charge < -0.3 is 35.0 Å². The lowest BCUT2D eigenvalue weighted by molar-refractivity contribution is -0.146. The lowest BCUT2D eigenvalue weighted by Crippen LogP contribution is -2.61. The largest absolute Gasteiger partial charge is 0.465 e. The lowest BCUT2D eigenvalue weighted by atomic mass is 9.82. The van der Waals surface area contributed by atoms with E-state index in [4.69, 9.17) is 9.47 Å². The van der Waals surface area contributed by atoms with E-state index in [1.54, 1.807) is 26.0 Å². The molecule has 45 heavy (non-hydrogen) atoms. The summed E-state index contributed by atoms with van der Waals surface area (Å²) in [5.74, 6) is -0.752. The van der Waals surface area contributed by atoms with Crippen LogP contribution in [0.2, 0.25) is 0 Å². The first-order valence-corrected chi connectivity index (χ1v) is 16.4. The molecule has 0 aliphatic carbocycles. The maximum absolute atomic E-state index is 12.3. The fraction of sp³-hybridized carbons (Fsp3) is 0.765. The zero-order valence-electron chi connectivity index (χ0n) is 27.8. The smallest absolute Gasteiger partial charge is 0.407 e. The third-order valence-corrected chi connectivity index (χ3v) is 9.83. The zero-order chi connectivity index (χ0) is 33.5. The fourth-order valence-corrected chi connectivity index (χ4v) is 6.71. The third kappa shape index (κ3) is 10.6. The van der Waals surface area contributed by atoms with E-state index in [-0.39, 0.29) is 56.0 Å². The van der Waals surface area contributed by atoms with E-state index in [1.807, 2.05) is 45.9 Å². The van der Waals surface area contributed by atoms with Gasteiger partial charge in [0.15, 0.2) is 0 Å². The van der Waals surface area contributed by atoms with Gasteiger partial charge in [-0.1, -0.05) is 44.2 Å². The molecule has 0 aromatic carbocycles. The number of allylic oxidation sites excluding steroid dienone is 2. The number of ether oxygens (including phenoxy) is 2. The number of rotatable bonds is 10. The number of nitrogens with zero attached hydrogens (tertiary/aromatic N) is 2. The molecule has 2 fully saturated rings. The van der Waals surface area contributed by atoms with Crippen LogP contribution in [0.5, 0.6) is 0 Å². The van der Waals surface area contributed by atoms with E-state index in [0.29, 0.717) is 38.9 Å². The average molecular weight is 637 g/mol. The second-order valence-electron chi connectivity index (χ2n) is 13.8. The number of carbonyl (C=O) groups is 2. The summed E-state index contributed by atoms with van der Waals surface area (Å²) in [6.07, 6.45) is 8.60. The van der Waals surface area contributed by atoms with Crippen molar-refractivity contribution in [3.8, 4) is 0 Å². The van der Waals surface area contributed by atoms with Gasteiger partial charge in [0.05, 0.1) is 54.7 Å². The van der Waals surface area contributed by atoms with Gasteiger partial charge in [-0.25, -0.2) is 4.79 Å². The number of hydrogen-bond donors (Lipinski definition) is 5. The summed E-state index contributed by atoms with van der Waals surface area (Å²) in [7, 11) is 0. The molecule has 11 heteroatoms. The Balaban J connectivity index is 1.72. The second kappa shape index (κ2) is 16.0. The third-order valence-electron chi connectivity index (χ3n) is 9.83. The number of piperazine rings is 1. The first-order valence-electron chi connectivity index (χ1n) is 16.4. The molecule has 5 N–H and O–H groups in total. The van der Waals surface area contributed by atoms with Gasteiger partial charge in [-0.05, 0) is 59.0 Å². The van der Waals surface area contributed by atoms with Gasteiger partial charge in [0.1, 0.15) is 0 Å². The summed E-state index contributed by atoms with van der Waals surface area (Å²) in [4.78, 5) is 27.8. The number of carbonyl (C=O) groups excluding carboxylic acids is 1. The second-order valence-corrected chi connectivity index (χ2v) is 13.8. The van der Waals surface area contributed by atoms with Gasteiger partial charge in [0, 0.05) is 43.9 Å². The molecule has 3 rings (SSSR count). The number of amides is 1. The van der Waals surface area contributed by atoms with Crippen LogP contribution in [0, 0.1) is 11.8 Å². The van der Waals surface area contributed by atoms with Gasteiger partial charge in [-0.3, -0.25) is 14.6 Å².